The molecule has 0 aliphatic rings. The quantitative estimate of drug-likeness (QED) is 0.460. The maximum Gasteiger partial charge on any atom is 0.0867 e. The van der Waals surface area contributed by atoms with Gasteiger partial charge in [-0.2, -0.15) is 0 Å². The smallest absolute Gasteiger partial charge is 0.0654 e. The summed E-state index contributed by atoms with van der Waals surface area (Å²) in [6, 6.07) is 14.1. The van der Waals surface area contributed by atoms with Gasteiger partial charge in [-0.05, 0) is 6.92 Å². The first-order valence-electron chi connectivity index (χ1n) is 8.75. The topological polar surface area (TPSA) is 0 Å². The fraction of sp³-hybridized carbons (Fsp3) is 0.684. The highest BCUT2D eigenvalue weighted by Crippen LogP contribution is 2.28. The Morgan fingerprint density at radius 2 is 1.10 bits per heavy atom. The van der Waals surface area contributed by atoms with Gasteiger partial charge in [-0.3, -0.25) is 0 Å². The minimum absolute atomic E-state index is 1.26. The van der Waals surface area contributed by atoms with Crippen LogP contribution in [0.15, 0.2) is 24.3 Å². The van der Waals surface area contributed by atoms with E-state index in [-0.39, 0.29) is 0 Å². The van der Waals surface area contributed by atoms with E-state index in [2.05, 4.69) is 52.0 Å². The second-order valence-electron chi connectivity index (χ2n) is 6.46. The molecule has 114 valence electrons. The zero-order chi connectivity index (χ0) is 14.8. The number of benzene rings is 1. The van der Waals surface area contributed by atoms with Crippen molar-refractivity contribution in [2.75, 3.05) is 0 Å². The maximum absolute atomic E-state index is 2.46. The van der Waals surface area contributed by atoms with Gasteiger partial charge in [0.15, 0.2) is 0 Å². The summed E-state index contributed by atoms with van der Waals surface area (Å²) in [6.45, 7) is 9.23. The van der Waals surface area contributed by atoms with Crippen molar-refractivity contribution < 1.29 is 0 Å². The first-order chi connectivity index (χ1) is 9.68. The molecule has 0 aromatic heterocycles. The maximum atomic E-state index is 2.46. The summed E-state index contributed by atoms with van der Waals surface area (Å²) in [5.74, 6) is 0. The first-order valence-corrected chi connectivity index (χ1v) is 11.4. The van der Waals surface area contributed by atoms with Crippen molar-refractivity contribution >= 4 is 13.3 Å². The summed E-state index contributed by atoms with van der Waals surface area (Å²) < 4.78 is 0. The van der Waals surface area contributed by atoms with Gasteiger partial charge in [0.2, 0.25) is 0 Å². The number of unbranched alkanes of at least 4 members (excludes halogenated alkanes) is 3. The van der Waals surface area contributed by atoms with Crippen LogP contribution >= 0.6 is 0 Å². The molecule has 0 unspecified atom stereocenters. The van der Waals surface area contributed by atoms with Crippen LogP contribution < -0.4 is 5.19 Å². The van der Waals surface area contributed by atoms with Gasteiger partial charge in [0, 0.05) is 0 Å². The van der Waals surface area contributed by atoms with Crippen LogP contribution in [0.3, 0.4) is 0 Å². The van der Waals surface area contributed by atoms with E-state index in [1.54, 1.807) is 5.19 Å². The molecule has 0 amide bonds. The lowest BCUT2D eigenvalue weighted by Crippen LogP contribution is -2.47. The van der Waals surface area contributed by atoms with Crippen LogP contribution in [0.1, 0.15) is 64.9 Å². The molecule has 0 saturated carbocycles. The third-order valence-electron chi connectivity index (χ3n) is 4.69. The summed E-state index contributed by atoms with van der Waals surface area (Å²) >= 11 is 0. The van der Waals surface area contributed by atoms with E-state index in [0.717, 1.165) is 0 Å². The van der Waals surface area contributed by atoms with Crippen LogP contribution in [0.25, 0.3) is 0 Å². The molecule has 1 rings (SSSR count). The standard InChI is InChI=1S/C19H34Si/c1-5-8-15-20(16-9-6-2,17-10-7-3)19-13-11-18(4)12-14-19/h11-14H,5-10,15-17H2,1-4H3. The number of rotatable bonds is 10. The van der Waals surface area contributed by atoms with Gasteiger partial charge in [0.05, 0.1) is 8.07 Å². The highest BCUT2D eigenvalue weighted by Gasteiger charge is 2.32. The predicted octanol–water partition coefficient (Wildman–Crippen LogP) is 6.05. The van der Waals surface area contributed by atoms with Crippen molar-refractivity contribution in [3.63, 3.8) is 0 Å². The Morgan fingerprint density at radius 3 is 1.45 bits per heavy atom. The number of hydrogen-bond donors (Lipinski definition) is 0. The summed E-state index contributed by atoms with van der Waals surface area (Å²) in [7, 11) is -1.26. The van der Waals surface area contributed by atoms with Crippen molar-refractivity contribution in [3.8, 4) is 0 Å². The highest BCUT2D eigenvalue weighted by atomic mass is 28.3. The van der Waals surface area contributed by atoms with Crippen LogP contribution in [0.5, 0.6) is 0 Å². The molecule has 0 saturated heterocycles. The third-order valence-corrected chi connectivity index (χ3v) is 10.2. The fourth-order valence-corrected chi connectivity index (χ4v) is 8.84. The van der Waals surface area contributed by atoms with Crippen LogP contribution in [-0.4, -0.2) is 8.07 Å². The number of hydrogen-bond acceptors (Lipinski definition) is 0. The van der Waals surface area contributed by atoms with E-state index in [1.165, 1.54) is 62.2 Å². The average Bonchev–Trinajstić information content (AvgIpc) is 2.48. The van der Waals surface area contributed by atoms with Gasteiger partial charge in [-0.25, -0.2) is 0 Å². The minimum Gasteiger partial charge on any atom is -0.0654 e. The minimum atomic E-state index is -1.26. The lowest BCUT2D eigenvalue weighted by molar-refractivity contribution is 0.800. The molecule has 1 aromatic rings. The van der Waals surface area contributed by atoms with Gasteiger partial charge in [-0.1, -0.05) is 112 Å². The normalized spacial score (nSPS) is 11.8. The molecule has 20 heavy (non-hydrogen) atoms. The third kappa shape index (κ3) is 5.09. The fourth-order valence-electron chi connectivity index (χ4n) is 3.26. The second kappa shape index (κ2) is 9.39. The van der Waals surface area contributed by atoms with Crippen LogP contribution in [0, 0.1) is 6.92 Å². The monoisotopic (exact) mass is 290 g/mol. The Balaban J connectivity index is 3.00. The van der Waals surface area contributed by atoms with Crippen molar-refractivity contribution in [1.82, 2.24) is 0 Å². The van der Waals surface area contributed by atoms with Crippen LogP contribution in [0.4, 0.5) is 0 Å². The molecule has 0 bridgehead atoms. The van der Waals surface area contributed by atoms with E-state index in [9.17, 15) is 0 Å². The van der Waals surface area contributed by atoms with E-state index >= 15 is 0 Å². The van der Waals surface area contributed by atoms with E-state index in [0.29, 0.717) is 0 Å². The Labute approximate surface area is 128 Å². The molecule has 1 aromatic carbocycles. The molecule has 0 nitrogen and oxygen atoms in total. The van der Waals surface area contributed by atoms with E-state index < -0.39 is 8.07 Å². The SMILES string of the molecule is CCCC[Si](CCCC)(CCCC)c1ccc(C)cc1. The van der Waals surface area contributed by atoms with Crippen molar-refractivity contribution in [3.05, 3.63) is 29.8 Å². The molecular formula is C19H34Si. The van der Waals surface area contributed by atoms with Gasteiger partial charge in [0.25, 0.3) is 0 Å². The Hall–Kier alpha value is -0.563. The lowest BCUT2D eigenvalue weighted by Gasteiger charge is -2.33. The van der Waals surface area contributed by atoms with Crippen molar-refractivity contribution in [2.45, 2.75) is 84.4 Å². The molecule has 0 aliphatic heterocycles. The Kier molecular flexibility index (Phi) is 8.21. The van der Waals surface area contributed by atoms with Crippen LogP contribution in [-0.2, 0) is 0 Å². The van der Waals surface area contributed by atoms with E-state index in [1.807, 2.05) is 0 Å². The zero-order valence-electron chi connectivity index (χ0n) is 14.2. The van der Waals surface area contributed by atoms with Gasteiger partial charge >= 0.3 is 0 Å². The molecule has 0 aliphatic carbocycles. The molecule has 0 spiro atoms. The van der Waals surface area contributed by atoms with Gasteiger partial charge in [0.1, 0.15) is 0 Å². The molecule has 0 fully saturated rings. The highest BCUT2D eigenvalue weighted by molar-refractivity contribution is 6.91. The average molecular weight is 291 g/mol. The first kappa shape index (κ1) is 17.5. The Morgan fingerprint density at radius 1 is 0.700 bits per heavy atom. The predicted molar refractivity (Wildman–Crippen MR) is 95.7 cm³/mol. The molecule has 0 radical (unpaired) electrons. The van der Waals surface area contributed by atoms with Gasteiger partial charge in [-0.15, -0.1) is 0 Å². The second-order valence-corrected chi connectivity index (χ2v) is 11.1. The van der Waals surface area contributed by atoms with Crippen LogP contribution in [0.2, 0.25) is 18.1 Å². The summed E-state index contributed by atoms with van der Waals surface area (Å²) in [5.41, 5.74) is 1.40. The molecule has 0 N–H and O–H groups in total. The lowest BCUT2D eigenvalue weighted by atomic mass is 10.2. The summed E-state index contributed by atoms with van der Waals surface area (Å²) in [4.78, 5) is 0. The van der Waals surface area contributed by atoms with E-state index in [4.69, 9.17) is 0 Å². The summed E-state index contributed by atoms with van der Waals surface area (Å²) in [6.07, 6.45) is 8.31. The van der Waals surface area contributed by atoms with Crippen molar-refractivity contribution in [1.29, 1.82) is 0 Å². The van der Waals surface area contributed by atoms with Crippen molar-refractivity contribution in [2.24, 2.45) is 0 Å². The zero-order valence-corrected chi connectivity index (χ0v) is 15.2. The summed E-state index contributed by atoms with van der Waals surface area (Å²) in [5, 5.41) is 1.73. The molecule has 0 atom stereocenters. The Bertz CT molecular complexity index is 331. The van der Waals surface area contributed by atoms with Gasteiger partial charge < -0.3 is 0 Å². The largest absolute Gasteiger partial charge is 0.0867 e. The molecular weight excluding hydrogens is 256 g/mol. The molecule has 0 heterocycles. The molecule has 1 heteroatoms. The number of aryl methyl sites for hydroxylation is 1.